The lowest BCUT2D eigenvalue weighted by Gasteiger charge is -2.33. The molecule has 0 heterocycles. The van der Waals surface area contributed by atoms with Gasteiger partial charge in [-0.1, -0.05) is 20.8 Å². The monoisotopic (exact) mass is 239 g/mol. The predicted molar refractivity (Wildman–Crippen MR) is 61.4 cm³/mol. The highest BCUT2D eigenvalue weighted by atomic mass is 19.4. The molecule has 4 heteroatoms. The van der Waals surface area contributed by atoms with Crippen molar-refractivity contribution in [2.45, 2.75) is 65.6 Å². The Morgan fingerprint density at radius 2 is 1.44 bits per heavy atom. The zero-order chi connectivity index (χ0) is 13.0. The van der Waals surface area contributed by atoms with E-state index in [9.17, 15) is 13.2 Å². The molecule has 0 spiro atoms. The molecule has 0 aliphatic rings. The maximum atomic E-state index is 11.9. The standard InChI is InChI=1S/C12H24F3N/c1-10(2,3)9-11(4,5)16-8-6-7-12(13,14)15/h16H,6-9H2,1-5H3. The van der Waals surface area contributed by atoms with Crippen molar-refractivity contribution in [1.29, 1.82) is 0 Å². The number of hydrogen-bond donors (Lipinski definition) is 1. The molecule has 0 saturated carbocycles. The summed E-state index contributed by atoms with van der Waals surface area (Å²) in [6, 6.07) is 0. The fraction of sp³-hybridized carbons (Fsp3) is 1.00. The third-order valence-electron chi connectivity index (χ3n) is 2.21. The Morgan fingerprint density at radius 3 is 1.81 bits per heavy atom. The lowest BCUT2D eigenvalue weighted by atomic mass is 9.82. The van der Waals surface area contributed by atoms with E-state index in [-0.39, 0.29) is 17.4 Å². The van der Waals surface area contributed by atoms with E-state index < -0.39 is 12.6 Å². The second-order valence-corrected chi connectivity index (χ2v) is 6.27. The molecule has 0 amide bonds. The lowest BCUT2D eigenvalue weighted by molar-refractivity contribution is -0.135. The van der Waals surface area contributed by atoms with E-state index in [4.69, 9.17) is 0 Å². The highest BCUT2D eigenvalue weighted by Gasteiger charge is 2.28. The second-order valence-electron chi connectivity index (χ2n) is 6.27. The summed E-state index contributed by atoms with van der Waals surface area (Å²) in [5.74, 6) is 0. The van der Waals surface area contributed by atoms with Crippen molar-refractivity contribution in [3.05, 3.63) is 0 Å². The fourth-order valence-corrected chi connectivity index (χ4v) is 2.10. The highest BCUT2D eigenvalue weighted by molar-refractivity contribution is 4.83. The van der Waals surface area contributed by atoms with Gasteiger partial charge in [0.2, 0.25) is 0 Å². The van der Waals surface area contributed by atoms with Crippen LogP contribution in [0.3, 0.4) is 0 Å². The molecule has 16 heavy (non-hydrogen) atoms. The van der Waals surface area contributed by atoms with Gasteiger partial charge >= 0.3 is 6.18 Å². The Bertz CT molecular complexity index is 201. The minimum atomic E-state index is -4.03. The summed E-state index contributed by atoms with van der Waals surface area (Å²) in [5.41, 5.74) is 0.0738. The van der Waals surface area contributed by atoms with Gasteiger partial charge in [-0.2, -0.15) is 13.2 Å². The van der Waals surface area contributed by atoms with Gasteiger partial charge < -0.3 is 5.32 Å². The number of halogens is 3. The first kappa shape index (κ1) is 15.8. The van der Waals surface area contributed by atoms with Crippen molar-refractivity contribution in [1.82, 2.24) is 5.32 Å². The Hall–Kier alpha value is -0.250. The van der Waals surface area contributed by atoms with Crippen LogP contribution in [-0.4, -0.2) is 18.3 Å². The largest absolute Gasteiger partial charge is 0.389 e. The summed E-state index contributed by atoms with van der Waals surface area (Å²) in [6.07, 6.45) is -3.65. The maximum Gasteiger partial charge on any atom is 0.389 e. The van der Waals surface area contributed by atoms with Gasteiger partial charge in [-0.25, -0.2) is 0 Å². The van der Waals surface area contributed by atoms with E-state index >= 15 is 0 Å². The molecule has 0 fully saturated rings. The van der Waals surface area contributed by atoms with Crippen molar-refractivity contribution < 1.29 is 13.2 Å². The average molecular weight is 239 g/mol. The fourth-order valence-electron chi connectivity index (χ4n) is 2.10. The zero-order valence-electron chi connectivity index (χ0n) is 11.0. The van der Waals surface area contributed by atoms with Crippen molar-refractivity contribution in [3.8, 4) is 0 Å². The average Bonchev–Trinajstić information content (AvgIpc) is 1.91. The maximum absolute atomic E-state index is 11.9. The Morgan fingerprint density at radius 1 is 0.938 bits per heavy atom. The first-order valence-electron chi connectivity index (χ1n) is 5.73. The molecule has 0 aliphatic heterocycles. The SMILES string of the molecule is CC(C)(C)CC(C)(C)NCCCC(F)(F)F. The van der Waals surface area contributed by atoms with Crippen molar-refractivity contribution in [3.63, 3.8) is 0 Å². The van der Waals surface area contributed by atoms with Gasteiger partial charge in [0, 0.05) is 12.0 Å². The zero-order valence-corrected chi connectivity index (χ0v) is 11.0. The minimum Gasteiger partial charge on any atom is -0.312 e. The number of nitrogens with one attached hydrogen (secondary N) is 1. The van der Waals surface area contributed by atoms with Crippen LogP contribution < -0.4 is 5.32 Å². The van der Waals surface area contributed by atoms with Gasteiger partial charge in [0.15, 0.2) is 0 Å². The number of alkyl halides is 3. The molecule has 0 radical (unpaired) electrons. The summed E-state index contributed by atoms with van der Waals surface area (Å²) in [7, 11) is 0. The molecule has 0 aromatic carbocycles. The minimum absolute atomic E-state index is 0.107. The topological polar surface area (TPSA) is 12.0 Å². The summed E-state index contributed by atoms with van der Waals surface area (Å²) < 4.78 is 35.8. The third-order valence-corrected chi connectivity index (χ3v) is 2.21. The number of rotatable bonds is 5. The van der Waals surface area contributed by atoms with Gasteiger partial charge in [-0.15, -0.1) is 0 Å². The van der Waals surface area contributed by atoms with Crippen LogP contribution in [0.15, 0.2) is 0 Å². The van der Waals surface area contributed by atoms with Gasteiger partial charge in [0.1, 0.15) is 0 Å². The van der Waals surface area contributed by atoms with Crippen LogP contribution in [0.1, 0.15) is 53.9 Å². The Balaban J connectivity index is 3.83. The summed E-state index contributed by atoms with van der Waals surface area (Å²) >= 11 is 0. The molecule has 98 valence electrons. The quantitative estimate of drug-likeness (QED) is 0.711. The van der Waals surface area contributed by atoms with Gasteiger partial charge in [-0.05, 0) is 38.6 Å². The number of hydrogen-bond acceptors (Lipinski definition) is 1. The van der Waals surface area contributed by atoms with E-state index in [1.807, 2.05) is 13.8 Å². The van der Waals surface area contributed by atoms with Crippen LogP contribution in [0.4, 0.5) is 13.2 Å². The van der Waals surface area contributed by atoms with E-state index in [2.05, 4.69) is 26.1 Å². The molecule has 0 atom stereocenters. The van der Waals surface area contributed by atoms with Crippen molar-refractivity contribution in [2.75, 3.05) is 6.54 Å². The van der Waals surface area contributed by atoms with Gasteiger partial charge in [0.25, 0.3) is 0 Å². The predicted octanol–water partition coefficient (Wildman–Crippen LogP) is 4.13. The normalized spacial score (nSPS) is 14.2. The van der Waals surface area contributed by atoms with Crippen LogP contribution in [0.2, 0.25) is 0 Å². The first-order chi connectivity index (χ1) is 6.91. The van der Waals surface area contributed by atoms with Crippen LogP contribution >= 0.6 is 0 Å². The van der Waals surface area contributed by atoms with Crippen LogP contribution in [0, 0.1) is 5.41 Å². The highest BCUT2D eigenvalue weighted by Crippen LogP contribution is 2.27. The molecule has 0 bridgehead atoms. The van der Waals surface area contributed by atoms with E-state index in [0.717, 1.165) is 6.42 Å². The van der Waals surface area contributed by atoms with Crippen LogP contribution in [0.5, 0.6) is 0 Å². The summed E-state index contributed by atoms with van der Waals surface area (Å²) in [4.78, 5) is 0. The van der Waals surface area contributed by atoms with Crippen molar-refractivity contribution >= 4 is 0 Å². The van der Waals surface area contributed by atoms with Crippen LogP contribution in [-0.2, 0) is 0 Å². The molecule has 0 aliphatic carbocycles. The molecule has 0 aromatic rings. The molecule has 0 unspecified atom stereocenters. The van der Waals surface area contributed by atoms with Gasteiger partial charge in [0.05, 0.1) is 0 Å². The molecule has 1 nitrogen and oxygen atoms in total. The molecule has 0 aromatic heterocycles. The lowest BCUT2D eigenvalue weighted by Crippen LogP contribution is -2.43. The molecule has 0 saturated heterocycles. The van der Waals surface area contributed by atoms with Crippen molar-refractivity contribution in [2.24, 2.45) is 5.41 Å². The van der Waals surface area contributed by atoms with Gasteiger partial charge in [-0.3, -0.25) is 0 Å². The van der Waals surface area contributed by atoms with E-state index in [1.54, 1.807) is 0 Å². The van der Waals surface area contributed by atoms with E-state index in [0.29, 0.717) is 6.54 Å². The molecular weight excluding hydrogens is 215 g/mol. The Labute approximate surface area is 96.8 Å². The Kier molecular flexibility index (Phi) is 5.30. The van der Waals surface area contributed by atoms with Crippen LogP contribution in [0.25, 0.3) is 0 Å². The molecule has 0 rings (SSSR count). The summed E-state index contributed by atoms with van der Waals surface area (Å²) in [5, 5.41) is 3.19. The van der Waals surface area contributed by atoms with E-state index in [1.165, 1.54) is 0 Å². The third kappa shape index (κ3) is 10.3. The summed E-state index contributed by atoms with van der Waals surface area (Å²) in [6.45, 7) is 10.9. The first-order valence-corrected chi connectivity index (χ1v) is 5.73. The smallest absolute Gasteiger partial charge is 0.312 e. The second kappa shape index (κ2) is 5.39. The molecule has 1 N–H and O–H groups in total. The molecular formula is C12H24F3N.